The Balaban J connectivity index is 1.43. The lowest BCUT2D eigenvalue weighted by atomic mass is 9.93. The molecule has 0 spiro atoms. The van der Waals surface area contributed by atoms with E-state index < -0.39 is 11.7 Å². The monoisotopic (exact) mass is 393 g/mol. The number of nitrogens with zero attached hydrogens (tertiary/aromatic N) is 1. The third-order valence-electron chi connectivity index (χ3n) is 5.05. The molecule has 28 heavy (non-hydrogen) atoms. The summed E-state index contributed by atoms with van der Waals surface area (Å²) in [5, 5.41) is 2.82. The molecule has 0 aliphatic carbocycles. The fourth-order valence-electron chi connectivity index (χ4n) is 3.42. The van der Waals surface area contributed by atoms with Gasteiger partial charge in [0, 0.05) is 43.1 Å². The summed E-state index contributed by atoms with van der Waals surface area (Å²) in [7, 11) is 0. The van der Waals surface area contributed by atoms with E-state index in [9.17, 15) is 22.8 Å². The number of hydrogen-bond acceptors (Lipinski definition) is 3. The minimum atomic E-state index is -4.32. The highest BCUT2D eigenvalue weighted by Crippen LogP contribution is 2.31. The average molecular weight is 393 g/mol. The Bertz CT molecular complexity index is 854. The SMILES string of the molecule is O=C(NCCC1CCN(c2ccc(C(F)(F)F)cc2)CC1)c1cc[nH]c(=O)c1. The van der Waals surface area contributed by atoms with Crippen LogP contribution in [0.25, 0.3) is 0 Å². The Morgan fingerprint density at radius 2 is 1.82 bits per heavy atom. The van der Waals surface area contributed by atoms with Gasteiger partial charge >= 0.3 is 6.18 Å². The maximum Gasteiger partial charge on any atom is 0.416 e. The minimum Gasteiger partial charge on any atom is -0.372 e. The zero-order valence-corrected chi connectivity index (χ0v) is 15.3. The first kappa shape index (κ1) is 20.0. The number of benzene rings is 1. The molecule has 2 heterocycles. The third kappa shape index (κ3) is 5.15. The van der Waals surface area contributed by atoms with Crippen LogP contribution in [-0.4, -0.2) is 30.5 Å². The van der Waals surface area contributed by atoms with Gasteiger partial charge in [-0.15, -0.1) is 0 Å². The number of nitrogens with one attached hydrogen (secondary N) is 2. The van der Waals surface area contributed by atoms with Crippen molar-refractivity contribution in [3.05, 3.63) is 64.1 Å². The number of aromatic nitrogens is 1. The number of amides is 1. The van der Waals surface area contributed by atoms with Crippen molar-refractivity contribution in [2.45, 2.75) is 25.4 Å². The molecular formula is C20H22F3N3O2. The van der Waals surface area contributed by atoms with E-state index in [1.54, 1.807) is 6.07 Å². The number of piperidine rings is 1. The van der Waals surface area contributed by atoms with Crippen LogP contribution in [0.5, 0.6) is 0 Å². The number of rotatable bonds is 5. The molecule has 5 nitrogen and oxygen atoms in total. The van der Waals surface area contributed by atoms with Crippen molar-refractivity contribution in [3.63, 3.8) is 0 Å². The zero-order chi connectivity index (χ0) is 20.1. The number of carbonyl (C=O) groups is 1. The van der Waals surface area contributed by atoms with Gasteiger partial charge in [0.05, 0.1) is 5.56 Å². The van der Waals surface area contributed by atoms with E-state index in [1.807, 2.05) is 0 Å². The molecule has 1 saturated heterocycles. The fraction of sp³-hybridized carbons (Fsp3) is 0.400. The van der Waals surface area contributed by atoms with E-state index in [0.29, 0.717) is 18.0 Å². The van der Waals surface area contributed by atoms with E-state index in [-0.39, 0.29) is 11.5 Å². The molecule has 0 atom stereocenters. The maximum atomic E-state index is 12.7. The Kier molecular flexibility index (Phi) is 6.06. The van der Waals surface area contributed by atoms with Gasteiger partial charge in [-0.1, -0.05) is 0 Å². The van der Waals surface area contributed by atoms with E-state index in [2.05, 4.69) is 15.2 Å². The second kappa shape index (κ2) is 8.50. The van der Waals surface area contributed by atoms with Gasteiger partial charge in [-0.25, -0.2) is 0 Å². The number of anilines is 1. The number of alkyl halides is 3. The van der Waals surface area contributed by atoms with Crippen LogP contribution in [0.15, 0.2) is 47.4 Å². The first-order chi connectivity index (χ1) is 13.3. The topological polar surface area (TPSA) is 65.2 Å². The van der Waals surface area contributed by atoms with Crippen molar-refractivity contribution in [3.8, 4) is 0 Å². The van der Waals surface area contributed by atoms with Gasteiger partial charge in [0.1, 0.15) is 0 Å². The number of pyridine rings is 1. The van der Waals surface area contributed by atoms with Crippen LogP contribution in [0.4, 0.5) is 18.9 Å². The molecule has 1 aromatic carbocycles. The van der Waals surface area contributed by atoms with Crippen LogP contribution in [-0.2, 0) is 6.18 Å². The standard InChI is InChI=1S/C20H22F3N3O2/c21-20(22,23)16-1-3-17(4-2-16)26-11-7-14(8-12-26)5-9-25-19(28)15-6-10-24-18(27)13-15/h1-4,6,10,13-14H,5,7-9,11-12H2,(H,24,27)(H,25,28). The Morgan fingerprint density at radius 1 is 1.14 bits per heavy atom. The molecule has 0 unspecified atom stereocenters. The largest absolute Gasteiger partial charge is 0.416 e. The van der Waals surface area contributed by atoms with E-state index in [0.717, 1.165) is 50.2 Å². The number of aromatic amines is 1. The summed E-state index contributed by atoms with van der Waals surface area (Å²) in [6, 6.07) is 8.09. The molecule has 1 amide bonds. The number of halogens is 3. The van der Waals surface area contributed by atoms with Gasteiger partial charge in [0.2, 0.25) is 5.56 Å². The molecule has 0 radical (unpaired) electrons. The molecule has 0 bridgehead atoms. The predicted molar refractivity (Wildman–Crippen MR) is 100 cm³/mol. The molecule has 1 aliphatic rings. The molecule has 1 fully saturated rings. The van der Waals surface area contributed by atoms with Gasteiger partial charge in [-0.2, -0.15) is 13.2 Å². The van der Waals surface area contributed by atoms with Crippen molar-refractivity contribution in [1.82, 2.24) is 10.3 Å². The fourth-order valence-corrected chi connectivity index (χ4v) is 3.42. The highest BCUT2D eigenvalue weighted by molar-refractivity contribution is 5.93. The van der Waals surface area contributed by atoms with Gasteiger partial charge in [-0.05, 0) is 55.5 Å². The molecule has 1 aromatic heterocycles. The molecule has 1 aliphatic heterocycles. The average Bonchev–Trinajstić information content (AvgIpc) is 2.68. The van der Waals surface area contributed by atoms with Crippen LogP contribution >= 0.6 is 0 Å². The molecule has 150 valence electrons. The molecule has 0 saturated carbocycles. The quantitative estimate of drug-likeness (QED) is 0.818. The van der Waals surface area contributed by atoms with Crippen LogP contribution in [0, 0.1) is 5.92 Å². The second-order valence-corrected chi connectivity index (χ2v) is 6.96. The third-order valence-corrected chi connectivity index (χ3v) is 5.05. The Morgan fingerprint density at radius 3 is 2.43 bits per heavy atom. The summed E-state index contributed by atoms with van der Waals surface area (Å²) in [4.78, 5) is 27.8. The normalized spacial score (nSPS) is 15.5. The second-order valence-electron chi connectivity index (χ2n) is 6.96. The predicted octanol–water partition coefficient (Wildman–Crippen LogP) is 3.43. The van der Waals surface area contributed by atoms with Crippen LogP contribution < -0.4 is 15.8 Å². The lowest BCUT2D eigenvalue weighted by molar-refractivity contribution is -0.137. The molecule has 2 N–H and O–H groups in total. The molecule has 2 aromatic rings. The highest BCUT2D eigenvalue weighted by atomic mass is 19.4. The summed E-state index contributed by atoms with van der Waals surface area (Å²) in [5.74, 6) is 0.179. The molecule has 3 rings (SSSR count). The van der Waals surface area contributed by atoms with Crippen LogP contribution in [0.1, 0.15) is 35.2 Å². The van der Waals surface area contributed by atoms with Crippen LogP contribution in [0.3, 0.4) is 0 Å². The Labute approximate surface area is 160 Å². The van der Waals surface area contributed by atoms with Crippen molar-refractivity contribution < 1.29 is 18.0 Å². The van der Waals surface area contributed by atoms with Crippen LogP contribution in [0.2, 0.25) is 0 Å². The number of hydrogen-bond donors (Lipinski definition) is 2. The number of carbonyl (C=O) groups excluding carboxylic acids is 1. The highest BCUT2D eigenvalue weighted by Gasteiger charge is 2.30. The summed E-state index contributed by atoms with van der Waals surface area (Å²) in [6.45, 7) is 2.08. The van der Waals surface area contributed by atoms with Crippen molar-refractivity contribution in [2.75, 3.05) is 24.5 Å². The van der Waals surface area contributed by atoms with Gasteiger partial charge in [0.15, 0.2) is 0 Å². The van der Waals surface area contributed by atoms with Crippen molar-refractivity contribution >= 4 is 11.6 Å². The van der Waals surface area contributed by atoms with E-state index in [4.69, 9.17) is 0 Å². The van der Waals surface area contributed by atoms with Gasteiger partial charge in [0.25, 0.3) is 5.91 Å². The lowest BCUT2D eigenvalue weighted by Gasteiger charge is -2.33. The van der Waals surface area contributed by atoms with Crippen molar-refractivity contribution in [1.29, 1.82) is 0 Å². The maximum absolute atomic E-state index is 12.7. The van der Waals surface area contributed by atoms with Gasteiger partial charge in [-0.3, -0.25) is 9.59 Å². The summed E-state index contributed by atoms with van der Waals surface area (Å²) in [5.41, 5.74) is 0.181. The van der Waals surface area contributed by atoms with E-state index in [1.165, 1.54) is 24.4 Å². The first-order valence-electron chi connectivity index (χ1n) is 9.22. The smallest absolute Gasteiger partial charge is 0.372 e. The number of H-pyrrole nitrogens is 1. The van der Waals surface area contributed by atoms with E-state index >= 15 is 0 Å². The Hall–Kier alpha value is -2.77. The minimum absolute atomic E-state index is 0.270. The summed E-state index contributed by atoms with van der Waals surface area (Å²) >= 11 is 0. The summed E-state index contributed by atoms with van der Waals surface area (Å²) in [6.07, 6.45) is -0.211. The van der Waals surface area contributed by atoms with Gasteiger partial charge < -0.3 is 15.2 Å². The zero-order valence-electron chi connectivity index (χ0n) is 15.3. The first-order valence-corrected chi connectivity index (χ1v) is 9.22. The van der Waals surface area contributed by atoms with Crippen molar-refractivity contribution in [2.24, 2.45) is 5.92 Å². The molecule has 8 heteroatoms. The lowest BCUT2D eigenvalue weighted by Crippen LogP contribution is -2.35. The summed E-state index contributed by atoms with van der Waals surface area (Å²) < 4.78 is 38.0. The molecular weight excluding hydrogens is 371 g/mol.